The Balaban J connectivity index is -0.000000440. The van der Waals surface area contributed by atoms with Gasteiger partial charge < -0.3 is 30.5 Å². The molecule has 0 unspecified atom stereocenters. The zero-order chi connectivity index (χ0) is 13.4. The van der Waals surface area contributed by atoms with E-state index < -0.39 is 36.4 Å². The van der Waals surface area contributed by atoms with E-state index in [-0.39, 0.29) is 51.4 Å². The molecule has 0 aromatic carbocycles. The van der Waals surface area contributed by atoms with Gasteiger partial charge in [-0.15, -0.1) is 5.34 Å². The number of rotatable bonds is 5. The van der Waals surface area contributed by atoms with Crippen molar-refractivity contribution in [3.63, 3.8) is 0 Å². The van der Waals surface area contributed by atoms with Gasteiger partial charge in [0.2, 0.25) is 0 Å². The van der Waals surface area contributed by atoms with Crippen LogP contribution in [-0.2, 0) is 14.4 Å². The standard InChI is InChI=1S/C6H8O7.K.HNO2/c7-3(8)1-6(13,5(11)12)2-4(9)10;;2-1-3/h13H,1-2H2,(H,7,8)(H,9,10)(H,11,12);;(H,2,3)/q;+1;/p-1. The number of carbonyl (C=O) groups is 3. The summed E-state index contributed by atoms with van der Waals surface area (Å²) < 4.78 is 0. The molecule has 0 saturated heterocycles. The molecule has 0 aromatic rings. The number of nitrogens with zero attached hydrogens (tertiary/aromatic N) is 1. The molecule has 4 N–H and O–H groups in total. The molecule has 0 heterocycles. The summed E-state index contributed by atoms with van der Waals surface area (Å²) in [5, 5.41) is 42.8. The fourth-order valence-corrected chi connectivity index (χ4v) is 0.714. The Labute approximate surface area is 137 Å². The first-order chi connectivity index (χ1) is 7.19. The smallest absolute Gasteiger partial charge is 0.481 e. The van der Waals surface area contributed by atoms with Gasteiger partial charge in [-0.1, -0.05) is 0 Å². The molecule has 0 fully saturated rings. The third-order valence-electron chi connectivity index (χ3n) is 1.29. The maximum atomic E-state index is 10.3. The summed E-state index contributed by atoms with van der Waals surface area (Å²) >= 11 is 0. The molecule has 0 aliphatic rings. The number of hydrogen-bond donors (Lipinski definition) is 4. The third kappa shape index (κ3) is 11.7. The van der Waals surface area contributed by atoms with Crippen molar-refractivity contribution in [1.82, 2.24) is 0 Å². The minimum atomic E-state index is -2.74. The van der Waals surface area contributed by atoms with E-state index in [1.807, 2.05) is 0 Å². The van der Waals surface area contributed by atoms with Crippen LogP contribution in [0.4, 0.5) is 0 Å². The third-order valence-corrected chi connectivity index (χ3v) is 1.29. The molecule has 0 radical (unpaired) electrons. The molecule has 10 nitrogen and oxygen atoms in total. The van der Waals surface area contributed by atoms with Crippen molar-refractivity contribution in [2.45, 2.75) is 18.4 Å². The number of carboxylic acid groups (broad SMARTS) is 3. The van der Waals surface area contributed by atoms with Crippen LogP contribution in [0.2, 0.25) is 0 Å². The average Bonchev–Trinajstić information content (AvgIpc) is 2.01. The van der Waals surface area contributed by atoms with E-state index in [0.29, 0.717) is 0 Å². The molecule has 0 aliphatic carbocycles. The van der Waals surface area contributed by atoms with Crippen LogP contribution in [0.25, 0.3) is 0 Å². The van der Waals surface area contributed by atoms with Gasteiger partial charge in [-0.25, -0.2) is 4.79 Å². The molecule has 17 heavy (non-hydrogen) atoms. The fourth-order valence-electron chi connectivity index (χ4n) is 0.714. The van der Waals surface area contributed by atoms with Crippen LogP contribution in [0.3, 0.4) is 0 Å². The van der Waals surface area contributed by atoms with Crippen LogP contribution in [0.15, 0.2) is 5.34 Å². The zero-order valence-corrected chi connectivity index (χ0v) is 11.8. The first kappa shape index (κ1) is 21.7. The summed E-state index contributed by atoms with van der Waals surface area (Å²) in [7, 11) is 0. The summed E-state index contributed by atoms with van der Waals surface area (Å²) in [6.07, 6.45) is -2.29. The number of hydrogen-bond acceptors (Lipinski definition) is 7. The van der Waals surface area contributed by atoms with Crippen molar-refractivity contribution in [3.8, 4) is 0 Å². The molecule has 11 heteroatoms. The van der Waals surface area contributed by atoms with Crippen LogP contribution >= 0.6 is 0 Å². The largest absolute Gasteiger partial charge is 1.00 e. The van der Waals surface area contributed by atoms with Crippen LogP contribution in [0.1, 0.15) is 12.8 Å². The molecular weight excluding hydrogens is 269 g/mol. The Morgan fingerprint density at radius 3 is 1.41 bits per heavy atom. The van der Waals surface area contributed by atoms with Crippen molar-refractivity contribution < 1.29 is 86.2 Å². The van der Waals surface area contributed by atoms with E-state index in [1.54, 1.807) is 0 Å². The maximum absolute atomic E-state index is 10.3. The normalized spacial score (nSPS) is 9.00. The Kier molecular flexibility index (Phi) is 13.5. The summed E-state index contributed by atoms with van der Waals surface area (Å²) in [5.74, 6) is -5.02. The molecule has 0 amide bonds. The average molecular weight is 277 g/mol. The Morgan fingerprint density at radius 1 is 1.06 bits per heavy atom. The first-order valence-corrected chi connectivity index (χ1v) is 3.54. The quantitative estimate of drug-likeness (QED) is 0.221. The molecule has 0 spiro atoms. The second-order valence-corrected chi connectivity index (χ2v) is 2.55. The predicted octanol–water partition coefficient (Wildman–Crippen LogP) is -3.99. The van der Waals surface area contributed by atoms with Crippen LogP contribution in [0.5, 0.6) is 0 Å². The molecule has 0 rings (SSSR count). The van der Waals surface area contributed by atoms with Gasteiger partial charge in [-0.05, 0) is 0 Å². The fraction of sp³-hybridized carbons (Fsp3) is 0.500. The van der Waals surface area contributed by atoms with Crippen molar-refractivity contribution in [2.24, 2.45) is 5.34 Å². The Hall–Kier alpha value is -0.594. The van der Waals surface area contributed by atoms with Crippen molar-refractivity contribution in [3.05, 3.63) is 10.1 Å². The van der Waals surface area contributed by atoms with E-state index in [0.717, 1.165) is 5.34 Å². The molecule has 0 saturated carbocycles. The van der Waals surface area contributed by atoms with E-state index in [9.17, 15) is 14.4 Å². The number of aliphatic carboxylic acids is 3. The summed E-state index contributed by atoms with van der Waals surface area (Å²) in [6.45, 7) is 0. The van der Waals surface area contributed by atoms with E-state index in [4.69, 9.17) is 30.5 Å². The monoisotopic (exact) mass is 277 g/mol. The zero-order valence-electron chi connectivity index (χ0n) is 8.69. The topological polar surface area (TPSA) is 185 Å². The van der Waals surface area contributed by atoms with Crippen molar-refractivity contribution >= 4 is 17.9 Å². The van der Waals surface area contributed by atoms with Gasteiger partial charge in [0.1, 0.15) is 0 Å². The molecule has 0 bridgehead atoms. The molecule has 0 aliphatic heterocycles. The molecular formula is C6H8KNO9. The summed E-state index contributed by atoms with van der Waals surface area (Å²) in [4.78, 5) is 38.5. The minimum Gasteiger partial charge on any atom is -0.481 e. The summed E-state index contributed by atoms with van der Waals surface area (Å²) in [6, 6.07) is 0. The summed E-state index contributed by atoms with van der Waals surface area (Å²) in [5.41, 5.74) is -2.74. The molecule has 0 aromatic heterocycles. The minimum absolute atomic E-state index is 0. The predicted molar refractivity (Wildman–Crippen MR) is 46.3 cm³/mol. The van der Waals surface area contributed by atoms with Gasteiger partial charge >= 0.3 is 69.3 Å². The van der Waals surface area contributed by atoms with E-state index in [2.05, 4.69) is 0 Å². The molecule has 92 valence electrons. The van der Waals surface area contributed by atoms with Crippen LogP contribution in [0, 0.1) is 10.1 Å². The van der Waals surface area contributed by atoms with Gasteiger partial charge in [-0.2, -0.15) is 0 Å². The van der Waals surface area contributed by atoms with Gasteiger partial charge in [0.15, 0.2) is 5.60 Å². The molecule has 0 atom stereocenters. The Bertz CT molecular complexity index is 275. The van der Waals surface area contributed by atoms with Gasteiger partial charge in [-0.3, -0.25) is 9.59 Å². The second-order valence-electron chi connectivity index (χ2n) is 2.55. The van der Waals surface area contributed by atoms with Gasteiger partial charge in [0, 0.05) is 0 Å². The number of carboxylic acids is 3. The van der Waals surface area contributed by atoms with Gasteiger partial charge in [0.25, 0.3) is 0 Å². The number of aliphatic hydroxyl groups is 1. The van der Waals surface area contributed by atoms with Crippen molar-refractivity contribution in [1.29, 1.82) is 0 Å². The Morgan fingerprint density at radius 2 is 1.29 bits per heavy atom. The second kappa shape index (κ2) is 10.6. The van der Waals surface area contributed by atoms with E-state index >= 15 is 0 Å². The van der Waals surface area contributed by atoms with E-state index in [1.165, 1.54) is 0 Å². The SMILES string of the molecule is O=C(O)CC(O)(CC(=O)O)C(=O)O.O=N[O-].[K+]. The van der Waals surface area contributed by atoms with Gasteiger partial charge in [0.05, 0.1) is 12.8 Å². The van der Waals surface area contributed by atoms with Crippen LogP contribution < -0.4 is 51.4 Å². The first-order valence-electron chi connectivity index (χ1n) is 3.54. The van der Waals surface area contributed by atoms with Crippen molar-refractivity contribution in [2.75, 3.05) is 0 Å². The maximum Gasteiger partial charge on any atom is 1.00 e. The van der Waals surface area contributed by atoms with Crippen LogP contribution in [-0.4, -0.2) is 43.9 Å².